The zero-order valence-electron chi connectivity index (χ0n) is 16.0. The maximum Gasteiger partial charge on any atom is 0.224 e. The molecule has 1 aromatic heterocycles. The van der Waals surface area contributed by atoms with E-state index in [-0.39, 0.29) is 11.8 Å². The van der Waals surface area contributed by atoms with Gasteiger partial charge >= 0.3 is 0 Å². The van der Waals surface area contributed by atoms with Crippen LogP contribution in [0, 0.1) is 0 Å². The summed E-state index contributed by atoms with van der Waals surface area (Å²) in [5.41, 5.74) is 4.06. The van der Waals surface area contributed by atoms with Gasteiger partial charge in [-0.1, -0.05) is 42.5 Å². The Morgan fingerprint density at radius 3 is 2.64 bits per heavy atom. The normalized spacial score (nSPS) is 13.2. The molecule has 3 aromatic rings. The molecule has 0 radical (unpaired) electrons. The number of aromatic nitrogens is 1. The number of carbonyl (C=O) groups excluding carboxylic acids is 2. The first kappa shape index (κ1) is 18.2. The number of anilines is 1. The number of rotatable bonds is 4. The molecule has 2 amide bonds. The minimum absolute atomic E-state index is 0.0777. The molecule has 0 saturated heterocycles. The Kier molecular flexibility index (Phi) is 5.06. The highest BCUT2D eigenvalue weighted by Crippen LogP contribution is 2.25. The molecule has 2 aromatic carbocycles. The topological polar surface area (TPSA) is 53.5 Å². The molecule has 0 atom stereocenters. The van der Waals surface area contributed by atoms with E-state index < -0.39 is 0 Å². The van der Waals surface area contributed by atoms with Crippen molar-refractivity contribution in [2.75, 3.05) is 18.0 Å². The minimum atomic E-state index is -0.0880. The van der Waals surface area contributed by atoms with Crippen molar-refractivity contribution in [3.05, 3.63) is 71.9 Å². The quantitative estimate of drug-likeness (QED) is 0.703. The molecule has 0 N–H and O–H groups in total. The van der Waals surface area contributed by atoms with Crippen molar-refractivity contribution in [3.63, 3.8) is 0 Å². The molecule has 0 spiro atoms. The lowest BCUT2D eigenvalue weighted by Gasteiger charge is -2.30. The van der Waals surface area contributed by atoms with Gasteiger partial charge < -0.3 is 9.80 Å². The summed E-state index contributed by atoms with van der Waals surface area (Å²) in [6, 6.07) is 17.9. The number of para-hydroxylation sites is 1. The summed E-state index contributed by atoms with van der Waals surface area (Å²) in [5.74, 6) is -0.0103. The van der Waals surface area contributed by atoms with Crippen molar-refractivity contribution in [1.29, 1.82) is 0 Å². The predicted molar refractivity (Wildman–Crippen MR) is 110 cm³/mol. The van der Waals surface area contributed by atoms with Crippen LogP contribution in [0.15, 0.2) is 60.8 Å². The van der Waals surface area contributed by atoms with Crippen LogP contribution in [0.25, 0.3) is 10.9 Å². The molecule has 0 fully saturated rings. The third-order valence-corrected chi connectivity index (χ3v) is 5.31. The van der Waals surface area contributed by atoms with Gasteiger partial charge in [0.25, 0.3) is 0 Å². The summed E-state index contributed by atoms with van der Waals surface area (Å²) in [4.78, 5) is 33.1. The third-order valence-electron chi connectivity index (χ3n) is 5.31. The number of amides is 2. The van der Waals surface area contributed by atoms with E-state index in [0.717, 1.165) is 29.6 Å². The first-order chi connectivity index (χ1) is 13.6. The minimum Gasteiger partial charge on any atom is -0.338 e. The molecule has 5 heteroatoms. The van der Waals surface area contributed by atoms with Gasteiger partial charge in [-0.05, 0) is 29.7 Å². The van der Waals surface area contributed by atoms with Crippen LogP contribution in [0.2, 0.25) is 0 Å². The van der Waals surface area contributed by atoms with E-state index in [0.29, 0.717) is 19.5 Å². The van der Waals surface area contributed by atoms with E-state index in [2.05, 4.69) is 17.1 Å². The molecule has 1 aliphatic rings. The number of hydrogen-bond donors (Lipinski definition) is 0. The van der Waals surface area contributed by atoms with E-state index in [1.807, 2.05) is 47.4 Å². The van der Waals surface area contributed by atoms with Gasteiger partial charge in [0, 0.05) is 44.6 Å². The van der Waals surface area contributed by atoms with Crippen LogP contribution in [0.5, 0.6) is 0 Å². The molecule has 1 aliphatic heterocycles. The van der Waals surface area contributed by atoms with Crippen LogP contribution in [-0.2, 0) is 22.6 Å². The number of pyridine rings is 1. The number of benzene rings is 2. The molecule has 142 valence electrons. The van der Waals surface area contributed by atoms with E-state index in [1.54, 1.807) is 11.1 Å². The Morgan fingerprint density at radius 2 is 1.82 bits per heavy atom. The molecular formula is C23H23N3O2. The third kappa shape index (κ3) is 3.60. The fourth-order valence-corrected chi connectivity index (χ4v) is 3.83. The lowest BCUT2D eigenvalue weighted by molar-refractivity contribution is -0.131. The van der Waals surface area contributed by atoms with Crippen molar-refractivity contribution in [2.45, 2.75) is 26.3 Å². The lowest BCUT2D eigenvalue weighted by Crippen LogP contribution is -2.39. The van der Waals surface area contributed by atoms with Crippen molar-refractivity contribution < 1.29 is 9.59 Å². The van der Waals surface area contributed by atoms with Gasteiger partial charge in [-0.3, -0.25) is 14.6 Å². The van der Waals surface area contributed by atoms with Gasteiger partial charge in [-0.15, -0.1) is 0 Å². The zero-order chi connectivity index (χ0) is 19.5. The van der Waals surface area contributed by atoms with Crippen LogP contribution >= 0.6 is 0 Å². The fourth-order valence-electron chi connectivity index (χ4n) is 3.83. The molecular weight excluding hydrogens is 350 g/mol. The number of hydrogen-bond acceptors (Lipinski definition) is 3. The molecule has 0 unspecified atom stereocenters. The summed E-state index contributed by atoms with van der Waals surface area (Å²) in [6.07, 6.45) is 2.90. The van der Waals surface area contributed by atoms with Crippen molar-refractivity contribution in [3.8, 4) is 0 Å². The van der Waals surface area contributed by atoms with E-state index in [1.165, 1.54) is 18.1 Å². The summed E-state index contributed by atoms with van der Waals surface area (Å²) >= 11 is 0. The monoisotopic (exact) mass is 373 g/mol. The second-order valence-corrected chi connectivity index (χ2v) is 7.11. The standard InChI is InChI=1S/C23H23N3O2/c1-17(27)26(21-10-4-8-19-9-5-13-24-23(19)21)15-12-22(28)25-14-11-18-6-2-3-7-20(18)16-25/h2-10,13H,11-12,14-16H2,1H3. The second-order valence-electron chi connectivity index (χ2n) is 7.11. The van der Waals surface area contributed by atoms with Crippen LogP contribution in [-0.4, -0.2) is 34.8 Å². The number of fused-ring (bicyclic) bond motifs is 2. The number of carbonyl (C=O) groups is 2. The molecule has 4 rings (SSSR count). The molecule has 0 saturated carbocycles. The van der Waals surface area contributed by atoms with Crippen LogP contribution in [0.3, 0.4) is 0 Å². The Bertz CT molecular complexity index is 1030. The average Bonchev–Trinajstić information content (AvgIpc) is 2.73. The second kappa shape index (κ2) is 7.80. The molecule has 0 bridgehead atoms. The maximum absolute atomic E-state index is 12.8. The fraction of sp³-hybridized carbons (Fsp3) is 0.261. The van der Waals surface area contributed by atoms with Gasteiger partial charge in [0.1, 0.15) is 0 Å². The van der Waals surface area contributed by atoms with Crippen molar-refractivity contribution in [2.24, 2.45) is 0 Å². The lowest BCUT2D eigenvalue weighted by atomic mass is 10.00. The Balaban J connectivity index is 1.49. The largest absolute Gasteiger partial charge is 0.338 e. The summed E-state index contributed by atoms with van der Waals surface area (Å²) in [6.45, 7) is 3.25. The van der Waals surface area contributed by atoms with E-state index in [4.69, 9.17) is 0 Å². The SMILES string of the molecule is CC(=O)N(CCC(=O)N1CCc2ccccc2C1)c1cccc2cccnc12. The highest BCUT2D eigenvalue weighted by molar-refractivity contribution is 6.01. The Labute approximate surface area is 164 Å². The number of nitrogens with zero attached hydrogens (tertiary/aromatic N) is 3. The Morgan fingerprint density at radius 1 is 1.04 bits per heavy atom. The van der Waals surface area contributed by atoms with Gasteiger partial charge in [-0.25, -0.2) is 0 Å². The highest BCUT2D eigenvalue weighted by Gasteiger charge is 2.22. The van der Waals surface area contributed by atoms with Gasteiger partial charge in [0.15, 0.2) is 0 Å². The Hall–Kier alpha value is -3.21. The summed E-state index contributed by atoms with van der Waals surface area (Å²) in [7, 11) is 0. The van der Waals surface area contributed by atoms with Crippen molar-refractivity contribution in [1.82, 2.24) is 9.88 Å². The molecule has 0 aliphatic carbocycles. The first-order valence-corrected chi connectivity index (χ1v) is 9.60. The molecule has 2 heterocycles. The van der Waals surface area contributed by atoms with E-state index >= 15 is 0 Å². The molecule has 28 heavy (non-hydrogen) atoms. The maximum atomic E-state index is 12.8. The predicted octanol–water partition coefficient (Wildman–Crippen LogP) is 3.56. The zero-order valence-corrected chi connectivity index (χ0v) is 16.0. The van der Waals surface area contributed by atoms with Gasteiger partial charge in [0.05, 0.1) is 11.2 Å². The van der Waals surface area contributed by atoms with Gasteiger partial charge in [0.2, 0.25) is 11.8 Å². The highest BCUT2D eigenvalue weighted by atomic mass is 16.2. The average molecular weight is 373 g/mol. The van der Waals surface area contributed by atoms with Crippen molar-refractivity contribution >= 4 is 28.4 Å². The van der Waals surface area contributed by atoms with Crippen LogP contribution in [0.1, 0.15) is 24.5 Å². The van der Waals surface area contributed by atoms with E-state index in [9.17, 15) is 9.59 Å². The van der Waals surface area contributed by atoms with Crippen LogP contribution < -0.4 is 4.90 Å². The molecule has 5 nitrogen and oxygen atoms in total. The summed E-state index contributed by atoms with van der Waals surface area (Å²) < 4.78 is 0. The first-order valence-electron chi connectivity index (χ1n) is 9.60. The van der Waals surface area contributed by atoms with Gasteiger partial charge in [-0.2, -0.15) is 0 Å². The summed E-state index contributed by atoms with van der Waals surface area (Å²) in [5, 5.41) is 0.977. The smallest absolute Gasteiger partial charge is 0.224 e. The van der Waals surface area contributed by atoms with Crippen LogP contribution in [0.4, 0.5) is 5.69 Å².